The Bertz CT molecular complexity index is 1230. The molecule has 0 atom stereocenters. The zero-order valence-electron chi connectivity index (χ0n) is 18.6. The van der Waals surface area contributed by atoms with Gasteiger partial charge < -0.3 is 9.80 Å². The second-order valence-corrected chi connectivity index (χ2v) is 9.01. The summed E-state index contributed by atoms with van der Waals surface area (Å²) in [5, 5.41) is 0.414. The van der Waals surface area contributed by atoms with Crippen LogP contribution in [0.4, 0.5) is 20.2 Å². The van der Waals surface area contributed by atoms with Crippen LogP contribution in [0.5, 0.6) is 0 Å². The molecule has 1 amide bonds. The van der Waals surface area contributed by atoms with Gasteiger partial charge in [0.15, 0.2) is 0 Å². The molecule has 3 aromatic carbocycles. The van der Waals surface area contributed by atoms with Gasteiger partial charge >= 0.3 is 0 Å². The Morgan fingerprint density at radius 2 is 1.65 bits per heavy atom. The molecule has 0 saturated carbocycles. The number of carbonyl (C=O) groups excluding carboxylic acids is 1. The van der Waals surface area contributed by atoms with Gasteiger partial charge in [-0.2, -0.15) is 0 Å². The number of hydrogen-bond acceptors (Lipinski definition) is 3. The van der Waals surface area contributed by atoms with E-state index < -0.39 is 11.6 Å². The average molecular weight is 480 g/mol. The van der Waals surface area contributed by atoms with E-state index in [0.29, 0.717) is 48.9 Å². The van der Waals surface area contributed by atoms with E-state index in [0.717, 1.165) is 23.9 Å². The number of nitrogens with zero attached hydrogens (tertiary/aromatic N) is 3. The molecule has 0 unspecified atom stereocenters. The molecule has 0 bridgehead atoms. The number of anilines is 2. The van der Waals surface area contributed by atoms with Gasteiger partial charge in [0.2, 0.25) is 0 Å². The second-order valence-electron chi connectivity index (χ2n) is 8.60. The van der Waals surface area contributed by atoms with Crippen LogP contribution in [0.2, 0.25) is 5.02 Å². The second kappa shape index (κ2) is 9.57. The highest BCUT2D eigenvalue weighted by Crippen LogP contribution is 2.34. The van der Waals surface area contributed by atoms with Crippen molar-refractivity contribution >= 4 is 28.9 Å². The Morgan fingerprint density at radius 1 is 0.912 bits per heavy atom. The first-order valence-corrected chi connectivity index (χ1v) is 11.7. The first-order valence-electron chi connectivity index (χ1n) is 11.3. The van der Waals surface area contributed by atoms with Crippen molar-refractivity contribution in [1.82, 2.24) is 9.80 Å². The molecule has 0 N–H and O–H groups in total. The predicted molar refractivity (Wildman–Crippen MR) is 130 cm³/mol. The number of para-hydroxylation sites is 1. The molecule has 3 aromatic rings. The summed E-state index contributed by atoms with van der Waals surface area (Å²) in [7, 11) is 0. The molecule has 0 radical (unpaired) electrons. The van der Waals surface area contributed by atoms with Crippen molar-refractivity contribution in [2.75, 3.05) is 31.1 Å². The number of rotatable bonds is 4. The van der Waals surface area contributed by atoms with Gasteiger partial charge in [0, 0.05) is 56.4 Å². The first-order chi connectivity index (χ1) is 16.5. The van der Waals surface area contributed by atoms with Crippen LogP contribution in [0.25, 0.3) is 0 Å². The molecule has 1 fully saturated rings. The van der Waals surface area contributed by atoms with Crippen LogP contribution in [0.1, 0.15) is 21.5 Å². The summed E-state index contributed by atoms with van der Waals surface area (Å²) < 4.78 is 26.9. The van der Waals surface area contributed by atoms with Crippen molar-refractivity contribution in [2.45, 2.75) is 13.0 Å². The van der Waals surface area contributed by atoms with E-state index in [2.05, 4.69) is 28.0 Å². The maximum Gasteiger partial charge on any atom is 0.255 e. The number of piperazine rings is 1. The number of benzene rings is 3. The number of allylic oxidation sites excluding steroid dienone is 1. The average Bonchev–Trinajstić information content (AvgIpc) is 2.83. The lowest BCUT2D eigenvalue weighted by Crippen LogP contribution is -2.48. The van der Waals surface area contributed by atoms with Crippen LogP contribution >= 0.6 is 11.6 Å². The molecule has 34 heavy (non-hydrogen) atoms. The molecule has 7 heteroatoms. The lowest BCUT2D eigenvalue weighted by atomic mass is 10.0. The van der Waals surface area contributed by atoms with Gasteiger partial charge in [-0.3, -0.25) is 9.69 Å². The fourth-order valence-corrected chi connectivity index (χ4v) is 4.83. The van der Waals surface area contributed by atoms with Crippen LogP contribution in [-0.2, 0) is 13.0 Å². The Balaban J connectivity index is 1.25. The minimum absolute atomic E-state index is 0.109. The minimum atomic E-state index is -0.578. The summed E-state index contributed by atoms with van der Waals surface area (Å²) in [5.74, 6) is -1.27. The van der Waals surface area contributed by atoms with Gasteiger partial charge in [-0.15, -0.1) is 0 Å². The molecule has 5 rings (SSSR count). The fourth-order valence-electron chi connectivity index (χ4n) is 4.58. The SMILES string of the molecule is O=C(c1ccc(N2C=CCc3ccccc32)cc1Cl)N1CCN(Cc2cc(F)cc(F)c2)CC1. The highest BCUT2D eigenvalue weighted by Gasteiger charge is 2.25. The molecule has 0 aromatic heterocycles. The van der Waals surface area contributed by atoms with Gasteiger partial charge in [-0.05, 0) is 53.9 Å². The molecule has 0 spiro atoms. The van der Waals surface area contributed by atoms with Crippen molar-refractivity contribution in [3.63, 3.8) is 0 Å². The molecule has 4 nitrogen and oxygen atoms in total. The topological polar surface area (TPSA) is 26.8 Å². The van der Waals surface area contributed by atoms with Crippen molar-refractivity contribution in [3.05, 3.63) is 106 Å². The zero-order valence-corrected chi connectivity index (χ0v) is 19.3. The van der Waals surface area contributed by atoms with Crippen molar-refractivity contribution < 1.29 is 13.6 Å². The molecule has 0 aliphatic carbocycles. The summed E-state index contributed by atoms with van der Waals surface area (Å²) >= 11 is 6.58. The maximum absolute atomic E-state index is 13.5. The maximum atomic E-state index is 13.5. The van der Waals surface area contributed by atoms with Gasteiger partial charge in [0.25, 0.3) is 5.91 Å². The summed E-state index contributed by atoms with van der Waals surface area (Å²) in [6.07, 6.45) is 5.02. The third kappa shape index (κ3) is 4.69. The molecular weight excluding hydrogens is 456 g/mol. The van der Waals surface area contributed by atoms with E-state index >= 15 is 0 Å². The Morgan fingerprint density at radius 3 is 2.38 bits per heavy atom. The molecule has 1 saturated heterocycles. The van der Waals surface area contributed by atoms with E-state index in [-0.39, 0.29) is 5.91 Å². The van der Waals surface area contributed by atoms with E-state index in [1.807, 2.05) is 30.5 Å². The minimum Gasteiger partial charge on any atom is -0.336 e. The monoisotopic (exact) mass is 479 g/mol. The van der Waals surface area contributed by atoms with E-state index in [1.165, 1.54) is 17.7 Å². The summed E-state index contributed by atoms with van der Waals surface area (Å²) in [5.41, 5.74) is 4.30. The highest BCUT2D eigenvalue weighted by molar-refractivity contribution is 6.34. The van der Waals surface area contributed by atoms with Crippen LogP contribution in [0.15, 0.2) is 72.9 Å². The predicted octanol–water partition coefficient (Wildman–Crippen LogP) is 5.78. The number of carbonyl (C=O) groups is 1. The summed E-state index contributed by atoms with van der Waals surface area (Å²) in [4.78, 5) is 19.1. The molecule has 2 heterocycles. The highest BCUT2D eigenvalue weighted by atomic mass is 35.5. The lowest BCUT2D eigenvalue weighted by Gasteiger charge is -2.35. The molecule has 174 valence electrons. The van der Waals surface area contributed by atoms with E-state index in [9.17, 15) is 13.6 Å². The Kier molecular flexibility index (Phi) is 6.35. The summed E-state index contributed by atoms with van der Waals surface area (Å²) in [6, 6.07) is 17.3. The molecule has 2 aliphatic heterocycles. The van der Waals surface area contributed by atoms with Crippen LogP contribution < -0.4 is 4.90 Å². The third-order valence-electron chi connectivity index (χ3n) is 6.29. The Hall–Kier alpha value is -3.22. The normalized spacial score (nSPS) is 16.0. The lowest BCUT2D eigenvalue weighted by molar-refractivity contribution is 0.0628. The fraction of sp³-hybridized carbons (Fsp3) is 0.222. The standard InChI is InChI=1S/C27H24ClF2N3O/c28-25-17-23(33-9-3-5-20-4-1-2-6-26(20)33)7-8-24(25)27(34)32-12-10-31(11-13-32)18-19-14-21(29)16-22(30)15-19/h1-4,6-9,14-17H,5,10-13,18H2. The Labute approximate surface area is 202 Å². The van der Waals surface area contributed by atoms with Crippen molar-refractivity contribution in [3.8, 4) is 0 Å². The zero-order chi connectivity index (χ0) is 23.7. The van der Waals surface area contributed by atoms with Crippen molar-refractivity contribution in [2.24, 2.45) is 0 Å². The van der Waals surface area contributed by atoms with Gasteiger partial charge in [0.05, 0.1) is 10.6 Å². The van der Waals surface area contributed by atoms with Gasteiger partial charge in [-0.25, -0.2) is 8.78 Å². The molecular formula is C27H24ClF2N3O. The molecule has 2 aliphatic rings. The third-order valence-corrected chi connectivity index (χ3v) is 6.61. The number of amides is 1. The van der Waals surface area contributed by atoms with Gasteiger partial charge in [0.1, 0.15) is 11.6 Å². The van der Waals surface area contributed by atoms with Crippen LogP contribution in [-0.4, -0.2) is 41.9 Å². The van der Waals surface area contributed by atoms with Gasteiger partial charge in [-0.1, -0.05) is 35.9 Å². The smallest absolute Gasteiger partial charge is 0.255 e. The number of fused-ring (bicyclic) bond motifs is 1. The van der Waals surface area contributed by atoms with Crippen LogP contribution in [0, 0.1) is 11.6 Å². The quantitative estimate of drug-likeness (QED) is 0.474. The van der Waals surface area contributed by atoms with E-state index in [4.69, 9.17) is 11.6 Å². The number of halogens is 3. The van der Waals surface area contributed by atoms with E-state index in [1.54, 1.807) is 11.0 Å². The number of hydrogen-bond donors (Lipinski definition) is 0. The van der Waals surface area contributed by atoms with Crippen molar-refractivity contribution in [1.29, 1.82) is 0 Å². The summed E-state index contributed by atoms with van der Waals surface area (Å²) in [6.45, 7) is 2.73. The largest absolute Gasteiger partial charge is 0.336 e. The van der Waals surface area contributed by atoms with Crippen LogP contribution in [0.3, 0.4) is 0 Å². The first kappa shape index (κ1) is 22.6.